The molecule has 2 saturated heterocycles. The largest absolute Gasteiger partial charge is 0.548 e. The van der Waals surface area contributed by atoms with Crippen LogP contribution < -0.4 is 15.4 Å². The number of carbonyl (C=O) groups excluding carboxylic acids is 3. The van der Waals surface area contributed by atoms with Gasteiger partial charge in [0.05, 0.1) is 40.2 Å². The molecule has 24 heavy (non-hydrogen) atoms. The zero-order valence-electron chi connectivity index (χ0n) is 12.9. The van der Waals surface area contributed by atoms with Gasteiger partial charge < -0.3 is 25.6 Å². The zero-order valence-corrected chi connectivity index (χ0v) is 13.7. The second-order valence-corrected chi connectivity index (χ2v) is 7.35. The predicted molar refractivity (Wildman–Crippen MR) is 81.1 cm³/mol. The van der Waals surface area contributed by atoms with Crippen LogP contribution in [0.3, 0.4) is 0 Å². The van der Waals surface area contributed by atoms with Crippen LogP contribution in [0.25, 0.3) is 0 Å². The number of carboxylic acid groups (broad SMARTS) is 1. The highest BCUT2D eigenvalue weighted by molar-refractivity contribution is 8.01. The Morgan fingerprint density at radius 1 is 1.46 bits per heavy atom. The number of amides is 2. The van der Waals surface area contributed by atoms with Crippen molar-refractivity contribution in [2.75, 3.05) is 0 Å². The highest BCUT2D eigenvalue weighted by Gasteiger charge is 2.60. The number of aliphatic hydroxyl groups is 1. The molecule has 5 atom stereocenters. The van der Waals surface area contributed by atoms with E-state index < -0.39 is 35.2 Å². The average Bonchev–Trinajstić information content (AvgIpc) is 2.81. The van der Waals surface area contributed by atoms with Gasteiger partial charge in [-0.3, -0.25) is 9.59 Å². The minimum Gasteiger partial charge on any atom is -0.548 e. The minimum absolute atomic E-state index is 0.329. The van der Waals surface area contributed by atoms with Gasteiger partial charge >= 0.3 is 0 Å². The Balaban J connectivity index is 1.78. The van der Waals surface area contributed by atoms with Crippen LogP contribution in [0, 0.1) is 5.92 Å². The lowest BCUT2D eigenvalue weighted by molar-refractivity contribution is -0.696. The molecule has 128 valence electrons. The predicted octanol–water partition coefficient (Wildman–Crippen LogP) is -2.53. The summed E-state index contributed by atoms with van der Waals surface area (Å²) in [6.45, 7) is 1.86. The summed E-state index contributed by atoms with van der Waals surface area (Å²) in [5.74, 6) is -2.78. The number of carbonyl (C=O) groups is 3. The van der Waals surface area contributed by atoms with Crippen LogP contribution in [0.4, 0.5) is 0 Å². The molecule has 3 rings (SSSR count). The Morgan fingerprint density at radius 2 is 2.08 bits per heavy atom. The van der Waals surface area contributed by atoms with E-state index in [1.54, 1.807) is 29.1 Å². The van der Waals surface area contributed by atoms with Crippen molar-refractivity contribution in [2.24, 2.45) is 11.7 Å². The van der Waals surface area contributed by atoms with Gasteiger partial charge in [-0.1, -0.05) is 0 Å². The summed E-state index contributed by atoms with van der Waals surface area (Å²) in [5.41, 5.74) is 5.54. The number of aromatic nitrogens is 1. The molecule has 3 heterocycles. The first-order chi connectivity index (χ1) is 11.3. The van der Waals surface area contributed by atoms with Gasteiger partial charge in [0, 0.05) is 12.1 Å². The van der Waals surface area contributed by atoms with E-state index in [0.29, 0.717) is 12.1 Å². The summed E-state index contributed by atoms with van der Waals surface area (Å²) in [4.78, 5) is 36.0. The number of aliphatic hydroxyl groups excluding tert-OH is 1. The number of nitrogens with two attached hydrogens (primary N) is 1. The van der Waals surface area contributed by atoms with Crippen molar-refractivity contribution in [3.63, 3.8) is 0 Å². The molecule has 3 unspecified atom stereocenters. The first-order valence-corrected chi connectivity index (χ1v) is 8.41. The van der Waals surface area contributed by atoms with Crippen LogP contribution in [0.2, 0.25) is 0 Å². The molecular formula is C15H17N3O5S. The Morgan fingerprint density at radius 3 is 2.58 bits per heavy atom. The van der Waals surface area contributed by atoms with Crippen molar-refractivity contribution in [1.82, 2.24) is 4.90 Å². The molecule has 0 radical (unpaired) electrons. The fourth-order valence-corrected chi connectivity index (χ4v) is 5.08. The molecule has 0 saturated carbocycles. The Bertz CT molecular complexity index is 693. The number of pyridine rings is 1. The van der Waals surface area contributed by atoms with Gasteiger partial charge in [-0.25, -0.2) is 4.57 Å². The maximum atomic E-state index is 12.1. The summed E-state index contributed by atoms with van der Waals surface area (Å²) in [6, 6.07) is 2.06. The van der Waals surface area contributed by atoms with Crippen LogP contribution in [0.5, 0.6) is 0 Å². The van der Waals surface area contributed by atoms with Crippen molar-refractivity contribution in [2.45, 2.75) is 36.2 Å². The highest BCUT2D eigenvalue weighted by Crippen LogP contribution is 2.48. The summed E-state index contributed by atoms with van der Waals surface area (Å²) < 4.78 is 1.73. The molecule has 8 nitrogen and oxygen atoms in total. The molecule has 1 aromatic heterocycles. The molecule has 2 fully saturated rings. The fraction of sp³-hybridized carbons (Fsp3) is 0.467. The second-order valence-electron chi connectivity index (χ2n) is 5.99. The van der Waals surface area contributed by atoms with E-state index in [9.17, 15) is 24.6 Å². The first kappa shape index (κ1) is 16.7. The molecule has 9 heteroatoms. The lowest BCUT2D eigenvalue weighted by atomic mass is 9.90. The normalized spacial score (nSPS) is 29.8. The van der Waals surface area contributed by atoms with Gasteiger partial charge in [-0.2, -0.15) is 0 Å². The average molecular weight is 351 g/mol. The zero-order chi connectivity index (χ0) is 17.6. The second kappa shape index (κ2) is 6.06. The number of nitrogens with zero attached hydrogens (tertiary/aromatic N) is 2. The maximum absolute atomic E-state index is 12.1. The molecule has 2 aliphatic heterocycles. The number of β-lactam (4-membered cyclic amide) rings is 1. The van der Waals surface area contributed by atoms with Crippen LogP contribution >= 0.6 is 11.8 Å². The number of hydrogen-bond donors (Lipinski definition) is 2. The van der Waals surface area contributed by atoms with Crippen LogP contribution in [0.15, 0.2) is 24.5 Å². The molecule has 1 aromatic rings. The third-order valence-electron chi connectivity index (χ3n) is 4.41. The molecule has 2 amide bonds. The molecule has 0 bridgehead atoms. The highest BCUT2D eigenvalue weighted by atomic mass is 32.2. The van der Waals surface area contributed by atoms with E-state index in [2.05, 4.69) is 0 Å². The summed E-state index contributed by atoms with van der Waals surface area (Å²) >= 11 is 1.35. The third kappa shape index (κ3) is 2.63. The Labute approximate surface area is 142 Å². The van der Waals surface area contributed by atoms with Crippen molar-refractivity contribution in [1.29, 1.82) is 0 Å². The van der Waals surface area contributed by atoms with Crippen LogP contribution in [-0.4, -0.2) is 50.6 Å². The van der Waals surface area contributed by atoms with E-state index in [-0.39, 0.29) is 11.3 Å². The SMILES string of the molecule is C[C@@H](O)[C@H]1C(=O)N2C(C(=O)[O-])C(C[n+]3ccc(C(N)=O)cc3)SC12. The van der Waals surface area contributed by atoms with E-state index >= 15 is 0 Å². The van der Waals surface area contributed by atoms with Crippen LogP contribution in [0.1, 0.15) is 17.3 Å². The van der Waals surface area contributed by atoms with Crippen molar-refractivity contribution in [3.05, 3.63) is 30.1 Å². The van der Waals surface area contributed by atoms with Gasteiger partial charge in [0.2, 0.25) is 11.8 Å². The van der Waals surface area contributed by atoms with Gasteiger partial charge in [0.1, 0.15) is 0 Å². The number of aliphatic carboxylic acids is 1. The van der Waals surface area contributed by atoms with Crippen molar-refractivity contribution < 1.29 is 29.2 Å². The number of hydrogen-bond acceptors (Lipinski definition) is 6. The summed E-state index contributed by atoms with van der Waals surface area (Å²) in [6.07, 6.45) is 2.45. The topological polar surface area (TPSA) is 128 Å². The summed E-state index contributed by atoms with van der Waals surface area (Å²) in [5, 5.41) is 20.4. The lowest BCUT2D eigenvalue weighted by Gasteiger charge is -2.45. The quantitative estimate of drug-likeness (QED) is 0.445. The molecule has 0 aromatic carbocycles. The molecule has 0 spiro atoms. The number of primary amides is 1. The monoisotopic (exact) mass is 351 g/mol. The van der Waals surface area contributed by atoms with Crippen LogP contribution in [-0.2, 0) is 16.1 Å². The number of carboxylic acids is 1. The van der Waals surface area contributed by atoms with Crippen molar-refractivity contribution in [3.8, 4) is 0 Å². The smallest absolute Gasteiger partial charge is 0.249 e. The van der Waals surface area contributed by atoms with Gasteiger partial charge in [0.25, 0.3) is 0 Å². The lowest BCUT2D eigenvalue weighted by Crippen LogP contribution is -2.66. The first-order valence-electron chi connectivity index (χ1n) is 7.46. The van der Waals surface area contributed by atoms with Gasteiger partial charge in [0.15, 0.2) is 18.9 Å². The number of thioether (sulfide) groups is 1. The molecule has 2 aliphatic rings. The van der Waals surface area contributed by atoms with Crippen molar-refractivity contribution >= 4 is 29.5 Å². The molecule has 3 N–H and O–H groups in total. The minimum atomic E-state index is -1.30. The van der Waals surface area contributed by atoms with Gasteiger partial charge in [-0.15, -0.1) is 11.8 Å². The standard InChI is InChI=1S/C15H17N3O5S/c1-7(19)10-13(21)18-11(15(22)23)9(24-14(10)18)6-17-4-2-8(3-5-17)12(16)20/h2-5,7,9-11,14,19H,6H2,1H3,(H2-,16,20,22,23)/t7-,9?,10+,11?,14?/m1/s1. The number of fused-ring (bicyclic) bond motifs is 1. The van der Waals surface area contributed by atoms with Gasteiger partial charge in [-0.05, 0) is 6.92 Å². The third-order valence-corrected chi connectivity index (χ3v) is 5.97. The molecular weight excluding hydrogens is 334 g/mol. The van der Waals surface area contributed by atoms with E-state index in [0.717, 1.165) is 0 Å². The summed E-state index contributed by atoms with van der Waals surface area (Å²) in [7, 11) is 0. The van der Waals surface area contributed by atoms with E-state index in [4.69, 9.17) is 5.73 Å². The number of rotatable bonds is 5. The van der Waals surface area contributed by atoms with E-state index in [1.807, 2.05) is 0 Å². The Kier molecular flexibility index (Phi) is 4.22. The molecule has 0 aliphatic carbocycles. The maximum Gasteiger partial charge on any atom is 0.249 e. The fourth-order valence-electron chi connectivity index (χ4n) is 3.19. The van der Waals surface area contributed by atoms with E-state index in [1.165, 1.54) is 23.6 Å². The Hall–Kier alpha value is -2.13.